The lowest BCUT2D eigenvalue weighted by atomic mass is 10.3. The van der Waals surface area contributed by atoms with Gasteiger partial charge in [0.2, 0.25) is 0 Å². The van der Waals surface area contributed by atoms with E-state index in [-0.39, 0.29) is 0 Å². The van der Waals surface area contributed by atoms with E-state index in [9.17, 15) is 4.79 Å². The molecule has 4 rings (SSSR count). The number of rotatable bonds is 2. The predicted molar refractivity (Wildman–Crippen MR) is 89.0 cm³/mol. The first-order valence-corrected chi connectivity index (χ1v) is 8.22. The van der Waals surface area contributed by atoms with E-state index in [2.05, 4.69) is 19.9 Å². The number of carbonyl (C=O) groups is 1. The van der Waals surface area contributed by atoms with Crippen molar-refractivity contribution in [3.63, 3.8) is 0 Å². The van der Waals surface area contributed by atoms with Crippen molar-refractivity contribution >= 4 is 33.5 Å². The van der Waals surface area contributed by atoms with Crippen molar-refractivity contribution < 1.29 is 9.90 Å². The van der Waals surface area contributed by atoms with Crippen molar-refractivity contribution in [3.05, 3.63) is 29.8 Å². The lowest BCUT2D eigenvalue weighted by Gasteiger charge is -2.33. The van der Waals surface area contributed by atoms with E-state index in [1.807, 2.05) is 24.3 Å². The molecule has 3 aromatic rings. The molecule has 0 radical (unpaired) electrons. The first kappa shape index (κ1) is 14.0. The lowest BCUT2D eigenvalue weighted by Crippen LogP contribution is -2.48. The smallest absolute Gasteiger partial charge is 0.407 e. The van der Waals surface area contributed by atoms with E-state index in [1.54, 1.807) is 16.8 Å². The summed E-state index contributed by atoms with van der Waals surface area (Å²) in [5.74, 6) is 0.753. The number of H-pyrrole nitrogens is 1. The number of nitrogens with zero attached hydrogens (tertiary/aromatic N) is 4. The predicted octanol–water partition coefficient (Wildman–Crippen LogP) is 2.49. The maximum Gasteiger partial charge on any atom is 0.407 e. The molecule has 0 spiro atoms. The van der Waals surface area contributed by atoms with Crippen molar-refractivity contribution in [2.45, 2.75) is 0 Å². The normalized spacial score (nSPS) is 15.3. The number of para-hydroxylation sites is 2. The number of aromatic nitrogens is 3. The number of thiazole rings is 1. The monoisotopic (exact) mass is 329 g/mol. The Hall–Kier alpha value is -2.61. The Morgan fingerprint density at radius 3 is 2.74 bits per heavy atom. The number of nitrogens with one attached hydrogen (secondary N) is 1. The summed E-state index contributed by atoms with van der Waals surface area (Å²) in [4.78, 5) is 27.0. The molecule has 2 aromatic heterocycles. The third-order valence-corrected chi connectivity index (χ3v) is 4.89. The molecule has 23 heavy (non-hydrogen) atoms. The number of benzene rings is 1. The molecular formula is C15H15N5O2S. The van der Waals surface area contributed by atoms with Crippen LogP contribution in [0.15, 0.2) is 29.8 Å². The van der Waals surface area contributed by atoms with E-state index < -0.39 is 6.09 Å². The van der Waals surface area contributed by atoms with Crippen LogP contribution in [0.25, 0.3) is 22.6 Å². The van der Waals surface area contributed by atoms with Crippen LogP contribution in [0.5, 0.6) is 0 Å². The Morgan fingerprint density at radius 2 is 2.00 bits per heavy atom. The van der Waals surface area contributed by atoms with Crippen molar-refractivity contribution in [2.75, 3.05) is 31.1 Å². The summed E-state index contributed by atoms with van der Waals surface area (Å²) < 4.78 is 0. The maximum absolute atomic E-state index is 11.0. The van der Waals surface area contributed by atoms with Gasteiger partial charge in [0, 0.05) is 26.2 Å². The number of carboxylic acid groups (broad SMARTS) is 1. The minimum absolute atomic E-state index is 0.507. The van der Waals surface area contributed by atoms with Gasteiger partial charge in [0.15, 0.2) is 5.82 Å². The molecule has 1 aliphatic heterocycles. The standard InChI is InChI=1S/C15H15N5O2S/c21-15(22)20-7-5-19(6-8-20)14-12(16-9-23-14)13-17-10-3-1-2-4-11(10)18-13/h1-4,9H,5-8H2,(H,17,18)(H,21,22). The van der Waals surface area contributed by atoms with E-state index in [0.717, 1.165) is 27.6 Å². The van der Waals surface area contributed by atoms with Gasteiger partial charge in [-0.15, -0.1) is 11.3 Å². The zero-order chi connectivity index (χ0) is 15.8. The van der Waals surface area contributed by atoms with Gasteiger partial charge in [0.1, 0.15) is 10.7 Å². The first-order valence-electron chi connectivity index (χ1n) is 7.34. The van der Waals surface area contributed by atoms with Crippen LogP contribution in [0.2, 0.25) is 0 Å². The van der Waals surface area contributed by atoms with Crippen molar-refractivity contribution in [3.8, 4) is 11.5 Å². The van der Waals surface area contributed by atoms with Crippen LogP contribution in [-0.2, 0) is 0 Å². The molecule has 0 saturated carbocycles. The topological polar surface area (TPSA) is 85.3 Å². The number of anilines is 1. The van der Waals surface area contributed by atoms with Gasteiger partial charge in [-0.25, -0.2) is 14.8 Å². The van der Waals surface area contributed by atoms with E-state index in [1.165, 1.54) is 4.90 Å². The Kier molecular flexibility index (Phi) is 3.38. The zero-order valence-corrected chi connectivity index (χ0v) is 13.1. The first-order chi connectivity index (χ1) is 11.2. The van der Waals surface area contributed by atoms with Crippen LogP contribution in [0, 0.1) is 0 Å². The molecule has 3 heterocycles. The maximum atomic E-state index is 11.0. The zero-order valence-electron chi connectivity index (χ0n) is 12.3. The fourth-order valence-corrected chi connectivity index (χ4v) is 3.64. The number of amides is 1. The van der Waals surface area contributed by atoms with Crippen LogP contribution >= 0.6 is 11.3 Å². The van der Waals surface area contributed by atoms with Crippen LogP contribution in [-0.4, -0.2) is 57.2 Å². The van der Waals surface area contributed by atoms with Gasteiger partial charge in [0.05, 0.1) is 16.5 Å². The molecule has 0 bridgehead atoms. The summed E-state index contributed by atoms with van der Waals surface area (Å²) in [6.45, 7) is 2.35. The number of imidazole rings is 1. The molecule has 0 unspecified atom stereocenters. The summed E-state index contributed by atoms with van der Waals surface area (Å²) in [7, 11) is 0. The Balaban J connectivity index is 1.62. The minimum Gasteiger partial charge on any atom is -0.465 e. The highest BCUT2D eigenvalue weighted by Crippen LogP contribution is 2.33. The van der Waals surface area contributed by atoms with E-state index >= 15 is 0 Å². The summed E-state index contributed by atoms with van der Waals surface area (Å²) in [6, 6.07) is 7.88. The van der Waals surface area contributed by atoms with Gasteiger partial charge >= 0.3 is 6.09 Å². The fourth-order valence-electron chi connectivity index (χ4n) is 2.79. The van der Waals surface area contributed by atoms with Crippen molar-refractivity contribution in [1.82, 2.24) is 19.9 Å². The second-order valence-corrected chi connectivity index (χ2v) is 6.20. The molecular weight excluding hydrogens is 314 g/mol. The number of piperazine rings is 1. The molecule has 0 atom stereocenters. The van der Waals surface area contributed by atoms with Gasteiger partial charge < -0.3 is 19.9 Å². The van der Waals surface area contributed by atoms with Crippen LogP contribution < -0.4 is 4.90 Å². The third-order valence-electron chi connectivity index (χ3n) is 4.00. The SMILES string of the molecule is O=C(O)N1CCN(c2scnc2-c2nc3ccccc3[nH]2)CC1. The van der Waals surface area contributed by atoms with Crippen LogP contribution in [0.4, 0.5) is 9.80 Å². The molecule has 1 saturated heterocycles. The van der Waals surface area contributed by atoms with Crippen molar-refractivity contribution in [2.24, 2.45) is 0 Å². The quantitative estimate of drug-likeness (QED) is 0.754. The third kappa shape index (κ3) is 2.50. The highest BCUT2D eigenvalue weighted by Gasteiger charge is 2.24. The molecule has 2 N–H and O–H groups in total. The lowest BCUT2D eigenvalue weighted by molar-refractivity contribution is 0.142. The van der Waals surface area contributed by atoms with E-state index in [0.29, 0.717) is 26.2 Å². The summed E-state index contributed by atoms with van der Waals surface area (Å²) in [5, 5.41) is 10.1. The molecule has 1 amide bonds. The Bertz CT molecular complexity index is 817. The van der Waals surface area contributed by atoms with Gasteiger partial charge in [-0.3, -0.25) is 0 Å². The summed E-state index contributed by atoms with van der Waals surface area (Å²) in [5.41, 5.74) is 4.53. The van der Waals surface area contributed by atoms with Gasteiger partial charge in [-0.1, -0.05) is 12.1 Å². The van der Waals surface area contributed by atoms with Crippen LogP contribution in [0.3, 0.4) is 0 Å². The molecule has 1 fully saturated rings. The van der Waals surface area contributed by atoms with Crippen molar-refractivity contribution in [1.29, 1.82) is 0 Å². The largest absolute Gasteiger partial charge is 0.465 e. The molecule has 118 valence electrons. The average molecular weight is 329 g/mol. The van der Waals surface area contributed by atoms with Gasteiger partial charge in [-0.05, 0) is 12.1 Å². The van der Waals surface area contributed by atoms with Gasteiger partial charge in [-0.2, -0.15) is 0 Å². The van der Waals surface area contributed by atoms with Gasteiger partial charge in [0.25, 0.3) is 0 Å². The molecule has 7 nitrogen and oxygen atoms in total. The Morgan fingerprint density at radius 1 is 1.22 bits per heavy atom. The second-order valence-electron chi connectivity index (χ2n) is 5.37. The molecule has 8 heteroatoms. The number of hydrogen-bond acceptors (Lipinski definition) is 5. The summed E-state index contributed by atoms with van der Waals surface area (Å²) in [6.07, 6.45) is -0.855. The average Bonchev–Trinajstić information content (AvgIpc) is 3.21. The molecule has 1 aromatic carbocycles. The molecule has 1 aliphatic rings. The highest BCUT2D eigenvalue weighted by atomic mass is 32.1. The highest BCUT2D eigenvalue weighted by molar-refractivity contribution is 7.14. The molecule has 0 aliphatic carbocycles. The minimum atomic E-state index is -0.855. The second kappa shape index (κ2) is 5.54. The van der Waals surface area contributed by atoms with Crippen LogP contribution in [0.1, 0.15) is 0 Å². The number of hydrogen-bond donors (Lipinski definition) is 2. The number of aromatic amines is 1. The fraction of sp³-hybridized carbons (Fsp3) is 0.267. The summed E-state index contributed by atoms with van der Waals surface area (Å²) >= 11 is 1.56. The number of fused-ring (bicyclic) bond motifs is 1. The Labute approximate surface area is 136 Å². The van der Waals surface area contributed by atoms with E-state index in [4.69, 9.17) is 5.11 Å².